The number of benzene rings is 1. The molecule has 1 rings (SSSR count). The molecule has 0 bridgehead atoms. The molecule has 0 radical (unpaired) electrons. The van der Waals surface area contributed by atoms with Gasteiger partial charge in [-0.3, -0.25) is 19.2 Å². The molecule has 0 aliphatic carbocycles. The number of ether oxygens (including phenoxy) is 1. The Kier molecular flexibility index (Phi) is 15.0. The number of quaternary nitrogens is 1. The number of methoxy groups -OCH3 is 1. The topological polar surface area (TPSA) is 206 Å². The van der Waals surface area contributed by atoms with Crippen molar-refractivity contribution >= 4 is 33.7 Å². The second-order valence-corrected chi connectivity index (χ2v) is 13.6. The summed E-state index contributed by atoms with van der Waals surface area (Å²) < 4.78 is 33.7. The second-order valence-electron chi connectivity index (χ2n) is 11.9. The highest BCUT2D eigenvalue weighted by molar-refractivity contribution is 7.89. The minimum absolute atomic E-state index is 0.0483. The third kappa shape index (κ3) is 13.7. The molecule has 0 heterocycles. The van der Waals surface area contributed by atoms with Crippen LogP contribution in [0.4, 0.5) is 0 Å². The summed E-state index contributed by atoms with van der Waals surface area (Å²) in [6, 6.07) is 0.900. The van der Waals surface area contributed by atoms with Gasteiger partial charge in [-0.1, -0.05) is 13.8 Å². The zero-order valence-corrected chi connectivity index (χ0v) is 27.0. The van der Waals surface area contributed by atoms with E-state index in [1.54, 1.807) is 0 Å². The maximum Gasteiger partial charge on any atom is 0.243 e. The van der Waals surface area contributed by atoms with E-state index in [0.717, 1.165) is 13.0 Å². The van der Waals surface area contributed by atoms with Crippen molar-refractivity contribution in [2.75, 3.05) is 41.4 Å². The molecule has 7 N–H and O–H groups in total. The molecule has 0 aromatic heterocycles. The summed E-state index contributed by atoms with van der Waals surface area (Å²) >= 11 is 0. The van der Waals surface area contributed by atoms with Crippen molar-refractivity contribution in [2.45, 2.75) is 75.5 Å². The van der Waals surface area contributed by atoms with E-state index < -0.39 is 64.4 Å². The van der Waals surface area contributed by atoms with Gasteiger partial charge in [0.15, 0.2) is 0 Å². The van der Waals surface area contributed by atoms with Crippen LogP contribution in [-0.2, 0) is 29.2 Å². The maximum atomic E-state index is 13.4. The van der Waals surface area contributed by atoms with Crippen molar-refractivity contribution in [1.29, 1.82) is 0 Å². The van der Waals surface area contributed by atoms with E-state index in [1.165, 1.54) is 38.3 Å². The fourth-order valence-electron chi connectivity index (χ4n) is 4.06. The molecule has 4 amide bonds. The molecule has 0 saturated carbocycles. The lowest BCUT2D eigenvalue weighted by Gasteiger charge is -2.27. The lowest BCUT2D eigenvalue weighted by atomic mass is 10.0. The minimum Gasteiger partial charge on any atom is -0.497 e. The normalized spacial score (nSPS) is 14.7. The summed E-state index contributed by atoms with van der Waals surface area (Å²) in [7, 11) is 3.48. The van der Waals surface area contributed by atoms with Crippen LogP contribution in [0.1, 0.15) is 46.5 Å². The average Bonchev–Trinajstić information content (AvgIpc) is 2.91. The highest BCUT2D eigenvalue weighted by Crippen LogP contribution is 2.16. The van der Waals surface area contributed by atoms with Crippen LogP contribution < -0.4 is 31.1 Å². The van der Waals surface area contributed by atoms with E-state index in [1.807, 2.05) is 35.0 Å². The molecule has 0 aliphatic rings. The molecule has 4 atom stereocenters. The largest absolute Gasteiger partial charge is 0.497 e. The molecule has 1 aromatic rings. The van der Waals surface area contributed by atoms with Crippen LogP contribution in [0.3, 0.4) is 0 Å². The van der Waals surface area contributed by atoms with E-state index in [4.69, 9.17) is 10.5 Å². The number of aliphatic hydroxyl groups excluding tert-OH is 1. The Labute approximate surface area is 254 Å². The van der Waals surface area contributed by atoms with Crippen LogP contribution in [0.25, 0.3) is 0 Å². The van der Waals surface area contributed by atoms with Gasteiger partial charge in [0.2, 0.25) is 33.7 Å². The van der Waals surface area contributed by atoms with E-state index in [-0.39, 0.29) is 23.7 Å². The minimum atomic E-state index is -4.06. The number of aliphatic hydroxyl groups is 1. The Hall–Kier alpha value is -3.27. The van der Waals surface area contributed by atoms with Gasteiger partial charge in [-0.25, -0.2) is 8.42 Å². The lowest BCUT2D eigenvalue weighted by Crippen LogP contribution is -2.58. The lowest BCUT2D eigenvalue weighted by molar-refractivity contribution is -0.870. The Morgan fingerprint density at radius 1 is 0.884 bits per heavy atom. The van der Waals surface area contributed by atoms with Crippen molar-refractivity contribution in [1.82, 2.24) is 20.7 Å². The standard InChI is InChI=1S/C28H48N6O8S/c1-18(2)16-23(31-26(37)19(3)33-43(40,41)21-13-11-20(42-7)12-14-21)28(39)30-22(10-8-9-15-34(4,5)6)27(38)32-24(17-35)25(29)36/h11-14,18-19,22-24,33,35H,8-10,15-17H2,1-7H3,(H4-,29,30,31,32,36,37,38,39)/p+1/t19-,22-,23-,24-/m0/s1. The highest BCUT2D eigenvalue weighted by Gasteiger charge is 2.31. The number of unbranched alkanes of at least 4 members (excludes halogenated alkanes) is 1. The number of sulfonamides is 1. The molecule has 1 aromatic carbocycles. The van der Waals surface area contributed by atoms with Gasteiger partial charge in [0.05, 0.1) is 52.3 Å². The van der Waals surface area contributed by atoms with Crippen molar-refractivity contribution < 1.29 is 41.9 Å². The van der Waals surface area contributed by atoms with Crippen LogP contribution in [0, 0.1) is 5.92 Å². The van der Waals surface area contributed by atoms with E-state index in [9.17, 15) is 32.7 Å². The third-order valence-corrected chi connectivity index (χ3v) is 8.04. The molecule has 0 saturated heterocycles. The van der Waals surface area contributed by atoms with Gasteiger partial charge in [0, 0.05) is 0 Å². The number of hydrogen-bond donors (Lipinski definition) is 6. The molecule has 0 aliphatic heterocycles. The highest BCUT2D eigenvalue weighted by atomic mass is 32.2. The first-order chi connectivity index (χ1) is 19.9. The summed E-state index contributed by atoms with van der Waals surface area (Å²) in [6.07, 6.45) is 1.75. The van der Waals surface area contributed by atoms with Gasteiger partial charge in [0.1, 0.15) is 23.9 Å². The monoisotopic (exact) mass is 629 g/mol. The van der Waals surface area contributed by atoms with E-state index in [2.05, 4.69) is 20.7 Å². The number of nitrogens with zero attached hydrogens (tertiary/aromatic N) is 1. The summed E-state index contributed by atoms with van der Waals surface area (Å²) in [5, 5.41) is 17.0. The van der Waals surface area contributed by atoms with Crippen molar-refractivity contribution in [3.63, 3.8) is 0 Å². The summed E-state index contributed by atoms with van der Waals surface area (Å²) in [6.45, 7) is 5.15. The molecule has 43 heavy (non-hydrogen) atoms. The fraction of sp³-hybridized carbons (Fsp3) is 0.643. The first-order valence-corrected chi connectivity index (χ1v) is 15.7. The SMILES string of the molecule is COc1ccc(S(=O)(=O)N[C@@H](C)C(=O)N[C@@H](CC(C)C)C(=O)N[C@@H](CCCC[N+](C)(C)C)C(=O)N[C@@H](CO)C(N)=O)cc1. The smallest absolute Gasteiger partial charge is 0.243 e. The van der Waals surface area contributed by atoms with Crippen LogP contribution >= 0.6 is 0 Å². The number of rotatable bonds is 19. The van der Waals surface area contributed by atoms with Gasteiger partial charge >= 0.3 is 0 Å². The van der Waals surface area contributed by atoms with Gasteiger partial charge in [-0.15, -0.1) is 0 Å². The summed E-state index contributed by atoms with van der Waals surface area (Å²) in [5.41, 5.74) is 5.24. The Morgan fingerprint density at radius 2 is 1.42 bits per heavy atom. The van der Waals surface area contributed by atoms with Crippen LogP contribution in [0.2, 0.25) is 0 Å². The molecular weight excluding hydrogens is 580 g/mol. The van der Waals surface area contributed by atoms with Crippen LogP contribution in [0.15, 0.2) is 29.2 Å². The number of carbonyl (C=O) groups is 4. The summed E-state index contributed by atoms with van der Waals surface area (Å²) in [5.74, 6) is -2.61. The van der Waals surface area contributed by atoms with Crippen LogP contribution in [-0.4, -0.2) is 107 Å². The predicted molar refractivity (Wildman–Crippen MR) is 161 cm³/mol. The average molecular weight is 630 g/mol. The number of nitrogens with one attached hydrogen (secondary N) is 4. The van der Waals surface area contributed by atoms with Gasteiger partial charge in [-0.2, -0.15) is 4.72 Å². The zero-order valence-electron chi connectivity index (χ0n) is 26.2. The second kappa shape index (κ2) is 17.1. The molecule has 15 heteroatoms. The Balaban J connectivity index is 3.05. The van der Waals surface area contributed by atoms with Crippen molar-refractivity contribution in [2.24, 2.45) is 11.7 Å². The number of nitrogens with two attached hydrogens (primary N) is 1. The Bertz CT molecular complexity index is 1180. The van der Waals surface area contributed by atoms with E-state index >= 15 is 0 Å². The molecule has 244 valence electrons. The van der Waals surface area contributed by atoms with Gasteiger partial charge in [-0.05, 0) is 62.8 Å². The number of amides is 4. The Morgan fingerprint density at radius 3 is 1.91 bits per heavy atom. The molecule has 14 nitrogen and oxygen atoms in total. The first kappa shape index (κ1) is 37.8. The zero-order chi connectivity index (χ0) is 33.0. The quantitative estimate of drug-likeness (QED) is 0.0843. The van der Waals surface area contributed by atoms with Gasteiger partial charge in [0.25, 0.3) is 0 Å². The molecule has 0 fully saturated rings. The molecule has 0 spiro atoms. The van der Waals surface area contributed by atoms with Crippen LogP contribution in [0.5, 0.6) is 5.75 Å². The van der Waals surface area contributed by atoms with Gasteiger partial charge < -0.3 is 36.0 Å². The van der Waals surface area contributed by atoms with Crippen molar-refractivity contribution in [3.8, 4) is 5.75 Å². The number of primary amides is 1. The summed E-state index contributed by atoms with van der Waals surface area (Å²) in [4.78, 5) is 51.0. The van der Waals surface area contributed by atoms with E-state index in [0.29, 0.717) is 16.7 Å². The number of carbonyl (C=O) groups excluding carboxylic acids is 4. The maximum absolute atomic E-state index is 13.4. The molecule has 0 unspecified atom stereocenters. The van der Waals surface area contributed by atoms with Crippen molar-refractivity contribution in [3.05, 3.63) is 24.3 Å². The fourth-order valence-corrected chi connectivity index (χ4v) is 5.27. The number of hydrogen-bond acceptors (Lipinski definition) is 8. The molecular formula is C28H49N6O8S+. The third-order valence-electron chi connectivity index (χ3n) is 6.48. The predicted octanol–water partition coefficient (Wildman–Crippen LogP) is -0.783. The first-order valence-electron chi connectivity index (χ1n) is 14.2.